The van der Waals surface area contributed by atoms with Crippen LogP contribution >= 0.6 is 0 Å². The number of ether oxygens (including phenoxy) is 2. The van der Waals surface area contributed by atoms with E-state index in [4.69, 9.17) is 9.47 Å². The smallest absolute Gasteiger partial charge is 0.311 e. The average Bonchev–Trinajstić information content (AvgIpc) is 2.28. The van der Waals surface area contributed by atoms with Crippen molar-refractivity contribution in [2.24, 2.45) is 0 Å². The van der Waals surface area contributed by atoms with Crippen molar-refractivity contribution in [3.63, 3.8) is 0 Å². The molecule has 0 amide bonds. The number of allylic oxidation sites excluding steroid dienone is 1. The number of hydrogen-bond donors (Lipinski definition) is 0. The average molecular weight is 223 g/mol. The van der Waals surface area contributed by atoms with E-state index in [2.05, 4.69) is 6.58 Å². The maximum atomic E-state index is 10.8. The zero-order chi connectivity index (χ0) is 12.1. The van der Waals surface area contributed by atoms with Crippen LogP contribution in [-0.2, 0) is 6.42 Å². The molecule has 5 nitrogen and oxygen atoms in total. The van der Waals surface area contributed by atoms with Crippen molar-refractivity contribution in [2.45, 2.75) is 6.42 Å². The third-order valence-corrected chi connectivity index (χ3v) is 2.14. The molecule has 0 atom stereocenters. The van der Waals surface area contributed by atoms with Gasteiger partial charge < -0.3 is 9.47 Å². The van der Waals surface area contributed by atoms with Gasteiger partial charge in [0.2, 0.25) is 5.75 Å². The molecule has 1 aromatic rings. The summed E-state index contributed by atoms with van der Waals surface area (Å²) in [5, 5.41) is 10.8. The maximum absolute atomic E-state index is 10.8. The Labute approximate surface area is 93.4 Å². The van der Waals surface area contributed by atoms with Gasteiger partial charge in [-0.25, -0.2) is 0 Å². The third kappa shape index (κ3) is 2.31. The third-order valence-electron chi connectivity index (χ3n) is 2.14. The summed E-state index contributed by atoms with van der Waals surface area (Å²) in [7, 11) is 2.89. The van der Waals surface area contributed by atoms with Crippen LogP contribution in [-0.4, -0.2) is 19.1 Å². The van der Waals surface area contributed by atoms with Crippen LogP contribution in [0.2, 0.25) is 0 Å². The highest BCUT2D eigenvalue weighted by Gasteiger charge is 2.18. The molecule has 0 aliphatic heterocycles. The summed E-state index contributed by atoms with van der Waals surface area (Å²) in [5.41, 5.74) is 0.644. The number of nitro groups is 1. The fourth-order valence-corrected chi connectivity index (χ4v) is 1.40. The molecule has 0 N–H and O–H groups in total. The molecule has 0 spiro atoms. The van der Waals surface area contributed by atoms with E-state index in [1.807, 2.05) is 0 Å². The molecule has 16 heavy (non-hydrogen) atoms. The molecule has 0 aromatic heterocycles. The van der Waals surface area contributed by atoms with Gasteiger partial charge in [-0.3, -0.25) is 10.1 Å². The molecule has 0 heterocycles. The van der Waals surface area contributed by atoms with Crippen molar-refractivity contribution in [1.29, 1.82) is 0 Å². The number of hydrogen-bond acceptors (Lipinski definition) is 4. The number of nitrogens with zero attached hydrogens (tertiary/aromatic N) is 1. The van der Waals surface area contributed by atoms with Crippen LogP contribution in [0.1, 0.15) is 5.56 Å². The Morgan fingerprint density at radius 1 is 1.38 bits per heavy atom. The largest absolute Gasteiger partial charge is 0.496 e. The Bertz CT molecular complexity index is 415. The van der Waals surface area contributed by atoms with Gasteiger partial charge in [0.15, 0.2) is 0 Å². The standard InChI is InChI=1S/C11H13NO4/c1-4-5-8-6-9(12(13)14)11(16-3)7-10(8)15-2/h4,6-7H,1,5H2,2-3H3. The Morgan fingerprint density at radius 2 is 2.00 bits per heavy atom. The minimum absolute atomic E-state index is 0.0693. The van der Waals surface area contributed by atoms with E-state index in [1.165, 1.54) is 26.4 Å². The van der Waals surface area contributed by atoms with Crippen molar-refractivity contribution >= 4 is 5.69 Å². The van der Waals surface area contributed by atoms with Gasteiger partial charge in [0.05, 0.1) is 19.1 Å². The van der Waals surface area contributed by atoms with Gasteiger partial charge >= 0.3 is 5.69 Å². The summed E-state index contributed by atoms with van der Waals surface area (Å²) < 4.78 is 10.1. The van der Waals surface area contributed by atoms with Gasteiger partial charge in [0.1, 0.15) is 5.75 Å². The van der Waals surface area contributed by atoms with E-state index >= 15 is 0 Å². The summed E-state index contributed by atoms with van der Waals surface area (Å²) in [6.45, 7) is 3.59. The molecule has 0 saturated carbocycles. The van der Waals surface area contributed by atoms with Gasteiger partial charge in [0.25, 0.3) is 0 Å². The highest BCUT2D eigenvalue weighted by molar-refractivity contribution is 5.55. The van der Waals surface area contributed by atoms with Gasteiger partial charge in [-0.2, -0.15) is 0 Å². The van der Waals surface area contributed by atoms with E-state index in [-0.39, 0.29) is 11.4 Å². The lowest BCUT2D eigenvalue weighted by Crippen LogP contribution is -1.98. The Morgan fingerprint density at radius 3 is 2.44 bits per heavy atom. The first-order valence-corrected chi connectivity index (χ1v) is 4.64. The van der Waals surface area contributed by atoms with Crippen LogP contribution in [0.3, 0.4) is 0 Å². The molecule has 0 aliphatic rings. The predicted octanol–water partition coefficient (Wildman–Crippen LogP) is 2.34. The first-order valence-electron chi connectivity index (χ1n) is 4.64. The normalized spacial score (nSPS) is 9.62. The molecule has 0 unspecified atom stereocenters. The van der Waals surface area contributed by atoms with Crippen molar-refractivity contribution in [1.82, 2.24) is 0 Å². The summed E-state index contributed by atoms with van der Waals surface area (Å²) in [6, 6.07) is 2.95. The minimum atomic E-state index is -0.481. The van der Waals surface area contributed by atoms with Crippen LogP contribution in [0.15, 0.2) is 24.8 Å². The minimum Gasteiger partial charge on any atom is -0.496 e. The number of nitro benzene ring substituents is 1. The lowest BCUT2D eigenvalue weighted by Gasteiger charge is -2.09. The van der Waals surface area contributed by atoms with Gasteiger partial charge in [0, 0.05) is 17.7 Å². The molecule has 0 radical (unpaired) electrons. The zero-order valence-corrected chi connectivity index (χ0v) is 9.23. The SMILES string of the molecule is C=CCc1cc([N+](=O)[O-])c(OC)cc1OC. The van der Waals surface area contributed by atoms with Crippen molar-refractivity contribution in [3.8, 4) is 11.5 Å². The first-order chi connectivity index (χ1) is 7.63. The fourth-order valence-electron chi connectivity index (χ4n) is 1.40. The van der Waals surface area contributed by atoms with Gasteiger partial charge in [-0.1, -0.05) is 6.08 Å². The summed E-state index contributed by atoms with van der Waals surface area (Å²) in [5.74, 6) is 0.747. The van der Waals surface area contributed by atoms with Gasteiger partial charge in [-0.15, -0.1) is 6.58 Å². The molecular formula is C11H13NO4. The molecule has 0 fully saturated rings. The molecule has 1 rings (SSSR count). The predicted molar refractivity (Wildman–Crippen MR) is 60.1 cm³/mol. The zero-order valence-electron chi connectivity index (χ0n) is 9.23. The van der Waals surface area contributed by atoms with Crippen LogP contribution in [0.25, 0.3) is 0 Å². The van der Waals surface area contributed by atoms with Crippen LogP contribution < -0.4 is 9.47 Å². The Hall–Kier alpha value is -2.04. The van der Waals surface area contributed by atoms with E-state index in [0.29, 0.717) is 17.7 Å². The van der Waals surface area contributed by atoms with E-state index in [0.717, 1.165) is 0 Å². The van der Waals surface area contributed by atoms with E-state index < -0.39 is 4.92 Å². The second kappa shape index (κ2) is 5.16. The van der Waals surface area contributed by atoms with Crippen LogP contribution in [0.5, 0.6) is 11.5 Å². The van der Waals surface area contributed by atoms with E-state index in [9.17, 15) is 10.1 Å². The van der Waals surface area contributed by atoms with Crippen molar-refractivity contribution in [3.05, 3.63) is 40.5 Å². The molecule has 1 aromatic carbocycles. The quantitative estimate of drug-likeness (QED) is 0.436. The molecule has 0 saturated heterocycles. The molecule has 5 heteroatoms. The summed E-state index contributed by atoms with van der Waals surface area (Å²) in [6.07, 6.45) is 2.17. The number of benzene rings is 1. The fraction of sp³-hybridized carbons (Fsp3) is 0.273. The topological polar surface area (TPSA) is 61.6 Å². The van der Waals surface area contributed by atoms with E-state index in [1.54, 1.807) is 6.08 Å². The summed E-state index contributed by atoms with van der Waals surface area (Å²) in [4.78, 5) is 10.3. The van der Waals surface area contributed by atoms with Crippen molar-refractivity contribution in [2.75, 3.05) is 14.2 Å². The highest BCUT2D eigenvalue weighted by Crippen LogP contribution is 2.34. The second-order valence-corrected chi connectivity index (χ2v) is 3.09. The molecule has 0 aliphatic carbocycles. The highest BCUT2D eigenvalue weighted by atomic mass is 16.6. The first kappa shape index (κ1) is 12.0. The Balaban J connectivity index is 3.33. The van der Waals surface area contributed by atoms with Crippen molar-refractivity contribution < 1.29 is 14.4 Å². The lowest BCUT2D eigenvalue weighted by molar-refractivity contribution is -0.385. The number of rotatable bonds is 5. The molecular weight excluding hydrogens is 210 g/mol. The number of methoxy groups -OCH3 is 2. The second-order valence-electron chi connectivity index (χ2n) is 3.09. The summed E-state index contributed by atoms with van der Waals surface area (Å²) >= 11 is 0. The van der Waals surface area contributed by atoms with Crippen LogP contribution in [0.4, 0.5) is 5.69 Å². The van der Waals surface area contributed by atoms with Gasteiger partial charge in [-0.05, 0) is 6.42 Å². The molecule has 86 valence electrons. The maximum Gasteiger partial charge on any atom is 0.311 e. The molecule has 0 bridgehead atoms. The lowest BCUT2D eigenvalue weighted by atomic mass is 10.1. The monoisotopic (exact) mass is 223 g/mol. The Kier molecular flexibility index (Phi) is 3.88. The van der Waals surface area contributed by atoms with Crippen LogP contribution in [0, 0.1) is 10.1 Å².